The molecule has 0 saturated heterocycles. The van der Waals surface area contributed by atoms with Gasteiger partial charge < -0.3 is 5.32 Å². The summed E-state index contributed by atoms with van der Waals surface area (Å²) < 4.78 is 0. The van der Waals surface area contributed by atoms with Crippen LogP contribution >= 0.6 is 0 Å². The van der Waals surface area contributed by atoms with Crippen molar-refractivity contribution in [3.8, 4) is 0 Å². The summed E-state index contributed by atoms with van der Waals surface area (Å²) >= 11 is 0. The van der Waals surface area contributed by atoms with E-state index in [-0.39, 0.29) is 5.41 Å². The van der Waals surface area contributed by atoms with Gasteiger partial charge in [-0.3, -0.25) is 0 Å². The molecular weight excluding hydrogens is 254 g/mol. The molecule has 0 aliphatic rings. The highest BCUT2D eigenvalue weighted by molar-refractivity contribution is 5.28. The molecule has 0 aliphatic carbocycles. The van der Waals surface area contributed by atoms with Crippen LogP contribution in [0.15, 0.2) is 24.3 Å². The second kappa shape index (κ2) is 7.45. The van der Waals surface area contributed by atoms with Gasteiger partial charge in [0.1, 0.15) is 0 Å². The molecule has 0 heterocycles. The van der Waals surface area contributed by atoms with Crippen molar-refractivity contribution < 1.29 is 0 Å². The minimum Gasteiger partial charge on any atom is -0.314 e. The Balaban J connectivity index is 2.62. The largest absolute Gasteiger partial charge is 0.314 e. The number of nitrogens with one attached hydrogen (secondary N) is 1. The predicted molar refractivity (Wildman–Crippen MR) is 95.0 cm³/mol. The highest BCUT2D eigenvalue weighted by atomic mass is 14.9. The molecule has 1 atom stereocenters. The van der Waals surface area contributed by atoms with Gasteiger partial charge in [-0.05, 0) is 54.7 Å². The van der Waals surface area contributed by atoms with Gasteiger partial charge in [0, 0.05) is 6.04 Å². The molecule has 1 aromatic rings. The van der Waals surface area contributed by atoms with E-state index in [0.717, 1.165) is 13.0 Å². The van der Waals surface area contributed by atoms with Crippen molar-refractivity contribution in [1.29, 1.82) is 0 Å². The smallest absolute Gasteiger partial charge is 0.00439 e. The molecule has 0 saturated carbocycles. The SMILES string of the molecule is CCCNC(C)CC(C)(C)Cc1ccc(C(C)(C)C)cc1. The van der Waals surface area contributed by atoms with Crippen LogP contribution in [-0.2, 0) is 11.8 Å². The zero-order valence-electron chi connectivity index (χ0n) is 15.2. The molecule has 21 heavy (non-hydrogen) atoms. The Morgan fingerprint density at radius 1 is 1.00 bits per heavy atom. The first-order valence-corrected chi connectivity index (χ1v) is 8.47. The summed E-state index contributed by atoms with van der Waals surface area (Å²) in [6, 6.07) is 9.81. The third kappa shape index (κ3) is 6.65. The zero-order valence-corrected chi connectivity index (χ0v) is 15.2. The summed E-state index contributed by atoms with van der Waals surface area (Å²) in [7, 11) is 0. The molecule has 0 fully saturated rings. The van der Waals surface area contributed by atoms with Crippen LogP contribution < -0.4 is 5.32 Å². The van der Waals surface area contributed by atoms with Gasteiger partial charge in [0.05, 0.1) is 0 Å². The molecular formula is C20H35N. The Hall–Kier alpha value is -0.820. The van der Waals surface area contributed by atoms with Crippen molar-refractivity contribution in [1.82, 2.24) is 5.32 Å². The number of hydrogen-bond acceptors (Lipinski definition) is 1. The van der Waals surface area contributed by atoms with Gasteiger partial charge in [0.25, 0.3) is 0 Å². The maximum Gasteiger partial charge on any atom is 0.00439 e. The van der Waals surface area contributed by atoms with E-state index in [9.17, 15) is 0 Å². The second-order valence-electron chi connectivity index (χ2n) is 8.35. The topological polar surface area (TPSA) is 12.0 Å². The lowest BCUT2D eigenvalue weighted by atomic mass is 9.79. The summed E-state index contributed by atoms with van der Waals surface area (Å²) in [5.41, 5.74) is 3.45. The van der Waals surface area contributed by atoms with Crippen LogP contribution in [-0.4, -0.2) is 12.6 Å². The Labute approximate surface area is 132 Å². The molecule has 0 aliphatic heterocycles. The average Bonchev–Trinajstić information content (AvgIpc) is 2.34. The Morgan fingerprint density at radius 3 is 2.05 bits per heavy atom. The summed E-state index contributed by atoms with van der Waals surface area (Å²) in [5, 5.41) is 3.60. The molecule has 0 radical (unpaired) electrons. The van der Waals surface area contributed by atoms with Gasteiger partial charge in [-0.2, -0.15) is 0 Å². The van der Waals surface area contributed by atoms with Crippen molar-refractivity contribution in [2.45, 2.75) is 79.2 Å². The Kier molecular flexibility index (Phi) is 6.46. The van der Waals surface area contributed by atoms with Crippen LogP contribution in [0, 0.1) is 5.41 Å². The van der Waals surface area contributed by atoms with E-state index in [1.807, 2.05) is 0 Å². The first-order valence-electron chi connectivity index (χ1n) is 8.47. The van der Waals surface area contributed by atoms with Gasteiger partial charge in [-0.15, -0.1) is 0 Å². The monoisotopic (exact) mass is 289 g/mol. The Bertz CT molecular complexity index is 408. The first-order chi connectivity index (χ1) is 9.64. The van der Waals surface area contributed by atoms with E-state index in [0.29, 0.717) is 11.5 Å². The van der Waals surface area contributed by atoms with Crippen LogP contribution in [0.1, 0.15) is 72.4 Å². The lowest BCUT2D eigenvalue weighted by Crippen LogP contribution is -2.32. The van der Waals surface area contributed by atoms with Crippen molar-refractivity contribution in [2.24, 2.45) is 5.41 Å². The fourth-order valence-electron chi connectivity index (χ4n) is 3.04. The highest BCUT2D eigenvalue weighted by Gasteiger charge is 2.22. The maximum atomic E-state index is 3.60. The minimum atomic E-state index is 0.243. The van der Waals surface area contributed by atoms with E-state index in [1.165, 1.54) is 24.0 Å². The van der Waals surface area contributed by atoms with Crippen molar-refractivity contribution in [3.63, 3.8) is 0 Å². The van der Waals surface area contributed by atoms with Crippen LogP contribution in [0.3, 0.4) is 0 Å². The first kappa shape index (κ1) is 18.2. The maximum absolute atomic E-state index is 3.60. The molecule has 1 nitrogen and oxygen atoms in total. The van der Waals surface area contributed by atoms with Crippen molar-refractivity contribution in [2.75, 3.05) is 6.54 Å². The van der Waals surface area contributed by atoms with E-state index < -0.39 is 0 Å². The molecule has 120 valence electrons. The molecule has 1 heteroatoms. The fourth-order valence-corrected chi connectivity index (χ4v) is 3.04. The molecule has 1 rings (SSSR count). The number of benzene rings is 1. The van der Waals surface area contributed by atoms with Gasteiger partial charge in [0.2, 0.25) is 0 Å². The second-order valence-corrected chi connectivity index (χ2v) is 8.35. The zero-order chi connectivity index (χ0) is 16.1. The van der Waals surface area contributed by atoms with Gasteiger partial charge in [0.15, 0.2) is 0 Å². The van der Waals surface area contributed by atoms with Gasteiger partial charge in [-0.25, -0.2) is 0 Å². The van der Waals surface area contributed by atoms with Crippen LogP contribution in [0.4, 0.5) is 0 Å². The Morgan fingerprint density at radius 2 is 1.57 bits per heavy atom. The van der Waals surface area contributed by atoms with E-state index in [2.05, 4.69) is 78.0 Å². The number of hydrogen-bond donors (Lipinski definition) is 1. The lowest BCUT2D eigenvalue weighted by molar-refractivity contribution is 0.287. The third-order valence-corrected chi connectivity index (χ3v) is 4.10. The molecule has 1 aromatic carbocycles. The average molecular weight is 290 g/mol. The lowest BCUT2D eigenvalue weighted by Gasteiger charge is -2.29. The van der Waals surface area contributed by atoms with E-state index in [4.69, 9.17) is 0 Å². The van der Waals surface area contributed by atoms with Crippen LogP contribution in [0.25, 0.3) is 0 Å². The summed E-state index contributed by atoms with van der Waals surface area (Å²) in [6.07, 6.45) is 3.57. The van der Waals surface area contributed by atoms with E-state index >= 15 is 0 Å². The normalized spacial score (nSPS) is 14.2. The quantitative estimate of drug-likeness (QED) is 0.715. The summed E-state index contributed by atoms with van der Waals surface area (Å²) in [5.74, 6) is 0. The number of rotatable bonds is 7. The van der Waals surface area contributed by atoms with Gasteiger partial charge in [-0.1, -0.05) is 65.8 Å². The van der Waals surface area contributed by atoms with Crippen LogP contribution in [0.5, 0.6) is 0 Å². The highest BCUT2D eigenvalue weighted by Crippen LogP contribution is 2.29. The predicted octanol–water partition coefficient (Wildman–Crippen LogP) is 5.33. The molecule has 0 spiro atoms. The fraction of sp³-hybridized carbons (Fsp3) is 0.700. The minimum absolute atomic E-state index is 0.243. The summed E-state index contributed by atoms with van der Waals surface area (Å²) in [4.78, 5) is 0. The molecule has 0 bridgehead atoms. The van der Waals surface area contributed by atoms with Crippen LogP contribution in [0.2, 0.25) is 0 Å². The van der Waals surface area contributed by atoms with Crippen molar-refractivity contribution in [3.05, 3.63) is 35.4 Å². The van der Waals surface area contributed by atoms with Gasteiger partial charge >= 0.3 is 0 Å². The molecule has 1 unspecified atom stereocenters. The standard InChI is InChI=1S/C20H35N/c1-8-13-21-16(2)14-20(6,7)15-17-9-11-18(12-10-17)19(3,4)5/h9-12,16,21H,8,13-15H2,1-7H3. The summed E-state index contributed by atoms with van der Waals surface area (Å²) in [6.45, 7) is 17.2. The molecule has 1 N–H and O–H groups in total. The van der Waals surface area contributed by atoms with Crippen molar-refractivity contribution >= 4 is 0 Å². The molecule has 0 aromatic heterocycles. The molecule has 0 amide bonds. The van der Waals surface area contributed by atoms with E-state index in [1.54, 1.807) is 0 Å². The third-order valence-electron chi connectivity index (χ3n) is 4.10.